The minimum atomic E-state index is -0.619. The molecule has 0 saturated heterocycles. The number of methoxy groups -OCH3 is 2. The van der Waals surface area contributed by atoms with Gasteiger partial charge in [-0.3, -0.25) is 4.79 Å². The van der Waals surface area contributed by atoms with Gasteiger partial charge in [-0.1, -0.05) is 11.6 Å². The Hall–Kier alpha value is -2.42. The molecule has 0 spiro atoms. The third-order valence-electron chi connectivity index (χ3n) is 3.40. The van der Waals surface area contributed by atoms with Crippen molar-refractivity contribution >= 4 is 46.1 Å². The Morgan fingerprint density at radius 1 is 0.920 bits per heavy atom. The lowest BCUT2D eigenvalue weighted by atomic mass is 10.1. The van der Waals surface area contributed by atoms with Crippen LogP contribution >= 0.6 is 22.6 Å². The number of hydrogen-bond donors (Lipinski definition) is 1. The van der Waals surface area contributed by atoms with Crippen LogP contribution in [0.3, 0.4) is 0 Å². The second-order valence-corrected chi connectivity index (χ2v) is 6.38. The lowest BCUT2D eigenvalue weighted by Gasteiger charge is -2.11. The maximum absolute atomic E-state index is 12.5. The van der Waals surface area contributed by atoms with E-state index < -0.39 is 11.9 Å². The number of esters is 2. The van der Waals surface area contributed by atoms with Crippen molar-refractivity contribution in [2.45, 2.75) is 6.92 Å². The first-order chi connectivity index (χ1) is 11.8. The van der Waals surface area contributed by atoms with Crippen LogP contribution in [0.25, 0.3) is 0 Å². The van der Waals surface area contributed by atoms with Crippen LogP contribution in [0.5, 0.6) is 0 Å². The zero-order valence-electron chi connectivity index (χ0n) is 13.9. The minimum Gasteiger partial charge on any atom is -0.465 e. The van der Waals surface area contributed by atoms with Crippen LogP contribution in [0.2, 0.25) is 0 Å². The molecule has 0 aliphatic rings. The Balaban J connectivity index is 2.38. The summed E-state index contributed by atoms with van der Waals surface area (Å²) in [6.07, 6.45) is 0. The van der Waals surface area contributed by atoms with Crippen molar-refractivity contribution in [2.24, 2.45) is 0 Å². The predicted molar refractivity (Wildman–Crippen MR) is 101 cm³/mol. The molecule has 25 heavy (non-hydrogen) atoms. The number of amides is 1. The maximum Gasteiger partial charge on any atom is 0.337 e. The highest BCUT2D eigenvalue weighted by Crippen LogP contribution is 2.20. The fraction of sp³-hybridized carbons (Fsp3) is 0.167. The molecule has 1 N–H and O–H groups in total. The van der Waals surface area contributed by atoms with Crippen LogP contribution < -0.4 is 5.32 Å². The number of nitrogens with one attached hydrogen (secondary N) is 1. The highest BCUT2D eigenvalue weighted by molar-refractivity contribution is 14.1. The molecule has 0 aliphatic carbocycles. The van der Waals surface area contributed by atoms with E-state index in [2.05, 4.69) is 37.4 Å². The highest BCUT2D eigenvalue weighted by Gasteiger charge is 2.16. The number of halogens is 1. The third kappa shape index (κ3) is 4.56. The van der Waals surface area contributed by atoms with Crippen molar-refractivity contribution < 1.29 is 23.9 Å². The number of hydrogen-bond acceptors (Lipinski definition) is 5. The summed E-state index contributed by atoms with van der Waals surface area (Å²) in [5.41, 5.74) is 2.11. The van der Waals surface area contributed by atoms with Crippen LogP contribution in [0.4, 0.5) is 5.69 Å². The summed E-state index contributed by atoms with van der Waals surface area (Å²) < 4.78 is 10.2. The fourth-order valence-electron chi connectivity index (χ4n) is 2.17. The topological polar surface area (TPSA) is 81.7 Å². The van der Waals surface area contributed by atoms with Crippen LogP contribution in [-0.4, -0.2) is 32.1 Å². The maximum atomic E-state index is 12.5. The predicted octanol–water partition coefficient (Wildman–Crippen LogP) is 3.43. The smallest absolute Gasteiger partial charge is 0.337 e. The SMILES string of the molecule is COC(=O)c1cc(NC(=O)c2ccc(C)cc2I)cc(C(=O)OC)c1. The van der Waals surface area contributed by atoms with Gasteiger partial charge in [0.15, 0.2) is 0 Å². The third-order valence-corrected chi connectivity index (χ3v) is 4.29. The second kappa shape index (κ2) is 8.11. The van der Waals surface area contributed by atoms with Crippen LogP contribution in [0.1, 0.15) is 36.6 Å². The number of ether oxygens (including phenoxy) is 2. The first-order valence-electron chi connectivity index (χ1n) is 7.25. The summed E-state index contributed by atoms with van der Waals surface area (Å²) in [7, 11) is 2.47. The van der Waals surface area contributed by atoms with Gasteiger partial charge in [-0.05, 0) is 59.8 Å². The lowest BCUT2D eigenvalue weighted by Crippen LogP contribution is -2.15. The number of benzene rings is 2. The van der Waals surface area contributed by atoms with Gasteiger partial charge >= 0.3 is 11.9 Å². The average Bonchev–Trinajstić information content (AvgIpc) is 2.59. The van der Waals surface area contributed by atoms with E-state index >= 15 is 0 Å². The largest absolute Gasteiger partial charge is 0.465 e. The summed E-state index contributed by atoms with van der Waals surface area (Å²) in [5.74, 6) is -1.58. The average molecular weight is 453 g/mol. The summed E-state index contributed by atoms with van der Waals surface area (Å²) in [6.45, 7) is 1.94. The summed E-state index contributed by atoms with van der Waals surface area (Å²) in [6, 6.07) is 9.68. The summed E-state index contributed by atoms with van der Waals surface area (Å²) in [5, 5.41) is 2.70. The van der Waals surface area contributed by atoms with Crippen molar-refractivity contribution in [1.29, 1.82) is 0 Å². The molecule has 1 amide bonds. The van der Waals surface area contributed by atoms with Gasteiger partial charge < -0.3 is 14.8 Å². The van der Waals surface area contributed by atoms with Crippen molar-refractivity contribution in [3.05, 3.63) is 62.2 Å². The van der Waals surface area contributed by atoms with E-state index in [1.165, 1.54) is 32.4 Å². The van der Waals surface area contributed by atoms with E-state index in [1.54, 1.807) is 6.07 Å². The molecular formula is C18H16INO5. The second-order valence-electron chi connectivity index (χ2n) is 5.22. The van der Waals surface area contributed by atoms with Crippen molar-refractivity contribution in [3.63, 3.8) is 0 Å². The Bertz CT molecular complexity index is 813. The monoisotopic (exact) mass is 453 g/mol. The van der Waals surface area contributed by atoms with Crippen LogP contribution in [0, 0.1) is 10.5 Å². The van der Waals surface area contributed by atoms with Gasteiger partial charge in [0, 0.05) is 9.26 Å². The van der Waals surface area contributed by atoms with Crippen molar-refractivity contribution in [3.8, 4) is 0 Å². The Kier molecular flexibility index (Phi) is 6.13. The number of carbonyl (C=O) groups is 3. The quantitative estimate of drug-likeness (QED) is 0.567. The Labute approximate surface area is 158 Å². The van der Waals surface area contributed by atoms with Gasteiger partial charge in [-0.15, -0.1) is 0 Å². The van der Waals surface area contributed by atoms with Crippen molar-refractivity contribution in [2.75, 3.05) is 19.5 Å². The Morgan fingerprint density at radius 2 is 1.48 bits per heavy atom. The standard InChI is InChI=1S/C18H16INO5/c1-10-4-5-14(15(19)6-10)16(21)20-13-8-11(17(22)24-2)7-12(9-13)18(23)25-3/h4-9H,1-3H3,(H,20,21). The van der Waals surface area contributed by atoms with E-state index in [0.717, 1.165) is 9.13 Å². The van der Waals surface area contributed by atoms with Gasteiger partial charge in [0.2, 0.25) is 0 Å². The first kappa shape index (κ1) is 18.9. The molecule has 0 bridgehead atoms. The molecule has 7 heteroatoms. The molecule has 2 aromatic carbocycles. The zero-order valence-corrected chi connectivity index (χ0v) is 16.0. The molecule has 0 aliphatic heterocycles. The Morgan fingerprint density at radius 3 is 1.96 bits per heavy atom. The molecule has 2 rings (SSSR count). The number of anilines is 1. The summed E-state index contributed by atoms with van der Waals surface area (Å²) in [4.78, 5) is 36.1. The van der Waals surface area contributed by atoms with Crippen LogP contribution in [0.15, 0.2) is 36.4 Å². The molecule has 0 saturated carbocycles. The number of aryl methyl sites for hydroxylation is 1. The normalized spacial score (nSPS) is 10.1. The molecule has 0 radical (unpaired) electrons. The molecule has 0 heterocycles. The van der Waals surface area contributed by atoms with Gasteiger partial charge in [0.25, 0.3) is 5.91 Å². The zero-order chi connectivity index (χ0) is 18.6. The number of rotatable bonds is 4. The van der Waals surface area contributed by atoms with Gasteiger partial charge in [-0.2, -0.15) is 0 Å². The van der Waals surface area contributed by atoms with E-state index in [1.807, 2.05) is 19.1 Å². The molecular weight excluding hydrogens is 437 g/mol. The van der Waals surface area contributed by atoms with Crippen molar-refractivity contribution in [1.82, 2.24) is 0 Å². The number of carbonyl (C=O) groups excluding carboxylic acids is 3. The summed E-state index contributed by atoms with van der Waals surface area (Å²) >= 11 is 2.08. The fourth-order valence-corrected chi connectivity index (χ4v) is 3.09. The first-order valence-corrected chi connectivity index (χ1v) is 8.32. The highest BCUT2D eigenvalue weighted by atomic mass is 127. The molecule has 130 valence electrons. The van der Waals surface area contributed by atoms with E-state index in [9.17, 15) is 14.4 Å². The molecule has 6 nitrogen and oxygen atoms in total. The molecule has 0 fully saturated rings. The lowest BCUT2D eigenvalue weighted by molar-refractivity contribution is 0.0599. The van der Waals surface area contributed by atoms with Gasteiger partial charge in [0.05, 0.1) is 30.9 Å². The molecule has 0 aromatic heterocycles. The van der Waals surface area contributed by atoms with Gasteiger partial charge in [0.1, 0.15) is 0 Å². The van der Waals surface area contributed by atoms with E-state index in [4.69, 9.17) is 0 Å². The molecule has 2 aromatic rings. The molecule has 0 atom stereocenters. The van der Waals surface area contributed by atoms with E-state index in [0.29, 0.717) is 11.3 Å². The van der Waals surface area contributed by atoms with Crippen LogP contribution in [-0.2, 0) is 9.47 Å². The minimum absolute atomic E-state index is 0.138. The molecule has 0 unspecified atom stereocenters. The van der Waals surface area contributed by atoms with E-state index in [-0.39, 0.29) is 17.0 Å². The van der Waals surface area contributed by atoms with Gasteiger partial charge in [-0.25, -0.2) is 9.59 Å².